The van der Waals surface area contributed by atoms with Gasteiger partial charge in [-0.15, -0.1) is 0 Å². The van der Waals surface area contributed by atoms with Crippen molar-refractivity contribution in [1.29, 1.82) is 0 Å². The first-order valence-corrected chi connectivity index (χ1v) is 12.2. The quantitative estimate of drug-likeness (QED) is 0.239. The van der Waals surface area contributed by atoms with Crippen molar-refractivity contribution in [2.24, 2.45) is 5.92 Å². The lowest BCUT2D eigenvalue weighted by Gasteiger charge is -2.38. The molecule has 6 rings (SSSR count). The van der Waals surface area contributed by atoms with E-state index in [0.29, 0.717) is 24.2 Å². The Morgan fingerprint density at radius 2 is 1.74 bits per heavy atom. The van der Waals surface area contributed by atoms with Gasteiger partial charge in [-0.25, -0.2) is 0 Å². The lowest BCUT2D eigenvalue weighted by Crippen LogP contribution is -2.29. The molecule has 3 atom stereocenters. The summed E-state index contributed by atoms with van der Waals surface area (Å²) in [5, 5.41) is 17.1. The van der Waals surface area contributed by atoms with Crippen LogP contribution in [0.15, 0.2) is 97.1 Å². The number of aryl methyl sites for hydroxylation is 1. The summed E-state index contributed by atoms with van der Waals surface area (Å²) in [6, 6.07) is 29.1. The molecule has 1 heterocycles. The van der Waals surface area contributed by atoms with Gasteiger partial charge in [0.15, 0.2) is 0 Å². The molecule has 1 aliphatic carbocycles. The third-order valence-corrected chi connectivity index (χ3v) is 7.33. The highest BCUT2D eigenvalue weighted by molar-refractivity contribution is 5.89. The van der Waals surface area contributed by atoms with Gasteiger partial charge in [-0.3, -0.25) is 0 Å². The van der Waals surface area contributed by atoms with Gasteiger partial charge in [0.2, 0.25) is 0 Å². The van der Waals surface area contributed by atoms with Crippen LogP contribution in [0.5, 0.6) is 11.5 Å². The number of rotatable bonds is 6. The molecule has 1 aliphatic heterocycles. The number of phenolic OH excluding ortho intramolecular Hbond substituents is 1. The number of nitrogens with one attached hydrogen (secondary N) is 1. The van der Waals surface area contributed by atoms with E-state index in [2.05, 4.69) is 78.1 Å². The molecule has 0 fully saturated rings. The summed E-state index contributed by atoms with van der Waals surface area (Å²) in [5.74, 6) is 1.92. The molecule has 4 aromatic carbocycles. The molecule has 0 amide bonds. The fourth-order valence-corrected chi connectivity index (χ4v) is 5.71. The summed E-state index contributed by atoms with van der Waals surface area (Å²) in [7, 11) is 0. The van der Waals surface area contributed by atoms with Crippen molar-refractivity contribution in [2.75, 3.05) is 11.9 Å². The van der Waals surface area contributed by atoms with Crippen molar-refractivity contribution in [3.05, 3.63) is 114 Å². The van der Waals surface area contributed by atoms with Crippen molar-refractivity contribution in [2.45, 2.75) is 31.2 Å². The van der Waals surface area contributed by atoms with Gasteiger partial charge in [0.25, 0.3) is 0 Å². The third kappa shape index (κ3) is 3.71. The van der Waals surface area contributed by atoms with Crippen molar-refractivity contribution < 1.29 is 9.84 Å². The van der Waals surface area contributed by atoms with E-state index in [1.165, 1.54) is 11.1 Å². The van der Waals surface area contributed by atoms with Crippen molar-refractivity contribution in [3.8, 4) is 11.5 Å². The first-order chi connectivity index (χ1) is 16.8. The molecule has 34 heavy (non-hydrogen) atoms. The fourth-order valence-electron chi connectivity index (χ4n) is 5.71. The Labute approximate surface area is 200 Å². The molecule has 0 aromatic heterocycles. The maximum atomic E-state index is 11.0. The van der Waals surface area contributed by atoms with Gasteiger partial charge in [-0.05, 0) is 59.2 Å². The second-order valence-corrected chi connectivity index (χ2v) is 9.35. The van der Waals surface area contributed by atoms with Crippen molar-refractivity contribution in [1.82, 2.24) is 0 Å². The van der Waals surface area contributed by atoms with Crippen LogP contribution >= 0.6 is 0 Å². The van der Waals surface area contributed by atoms with E-state index in [0.717, 1.165) is 47.0 Å². The predicted octanol–water partition coefficient (Wildman–Crippen LogP) is 7.38. The number of hydrogen-bond acceptors (Lipinski definition) is 3. The Hall–Kier alpha value is -3.72. The normalized spacial score (nSPS) is 20.5. The molecule has 2 N–H and O–H groups in total. The summed E-state index contributed by atoms with van der Waals surface area (Å²) in [4.78, 5) is 0. The topological polar surface area (TPSA) is 41.5 Å². The second-order valence-electron chi connectivity index (χ2n) is 9.35. The second kappa shape index (κ2) is 8.90. The number of aromatic hydroxyl groups is 1. The van der Waals surface area contributed by atoms with E-state index in [-0.39, 0.29) is 6.04 Å². The van der Waals surface area contributed by atoms with Gasteiger partial charge in [-0.2, -0.15) is 0 Å². The van der Waals surface area contributed by atoms with Crippen LogP contribution in [0.1, 0.15) is 41.5 Å². The van der Waals surface area contributed by atoms with Gasteiger partial charge in [0, 0.05) is 11.5 Å². The molecule has 0 saturated heterocycles. The van der Waals surface area contributed by atoms with E-state index in [1.807, 2.05) is 24.3 Å². The Morgan fingerprint density at radius 1 is 0.882 bits per heavy atom. The van der Waals surface area contributed by atoms with Crippen LogP contribution in [0.3, 0.4) is 0 Å². The van der Waals surface area contributed by atoms with Gasteiger partial charge >= 0.3 is 0 Å². The Morgan fingerprint density at radius 3 is 2.65 bits per heavy atom. The number of hydrogen-bond donors (Lipinski definition) is 2. The first-order valence-electron chi connectivity index (χ1n) is 12.2. The zero-order valence-corrected chi connectivity index (χ0v) is 19.2. The average molecular weight is 448 g/mol. The summed E-state index contributed by atoms with van der Waals surface area (Å²) in [5.41, 5.74) is 4.67. The summed E-state index contributed by atoms with van der Waals surface area (Å²) in [6.07, 6.45) is 7.58. The van der Waals surface area contributed by atoms with Crippen LogP contribution in [-0.2, 0) is 6.42 Å². The number of ether oxygens (including phenoxy) is 1. The lowest BCUT2D eigenvalue weighted by molar-refractivity contribution is 0.309. The molecule has 170 valence electrons. The van der Waals surface area contributed by atoms with Crippen LogP contribution in [0.4, 0.5) is 5.69 Å². The van der Waals surface area contributed by atoms with Crippen LogP contribution in [0.25, 0.3) is 10.8 Å². The van der Waals surface area contributed by atoms with Gasteiger partial charge < -0.3 is 15.2 Å². The highest BCUT2D eigenvalue weighted by atomic mass is 16.5. The number of phenols is 1. The molecule has 0 radical (unpaired) electrons. The Kier molecular flexibility index (Phi) is 5.46. The van der Waals surface area contributed by atoms with Crippen LogP contribution in [0, 0.1) is 5.92 Å². The fraction of sp³-hybridized carbons (Fsp3) is 0.226. The first kappa shape index (κ1) is 20.9. The lowest BCUT2D eigenvalue weighted by atomic mass is 9.76. The molecule has 2 aliphatic rings. The number of benzene rings is 4. The van der Waals surface area contributed by atoms with E-state index in [1.54, 1.807) is 0 Å². The minimum absolute atomic E-state index is 0.00710. The zero-order chi connectivity index (χ0) is 22.9. The SMILES string of the molecule is Oc1ccc2ccccc2c1C1Nc2c(OCCCc3ccccc3)cccc2C2C=CCC21. The molecule has 0 spiro atoms. The highest BCUT2D eigenvalue weighted by Crippen LogP contribution is 2.54. The van der Waals surface area contributed by atoms with E-state index < -0.39 is 0 Å². The van der Waals surface area contributed by atoms with Crippen LogP contribution in [0.2, 0.25) is 0 Å². The zero-order valence-electron chi connectivity index (χ0n) is 19.2. The van der Waals surface area contributed by atoms with Crippen molar-refractivity contribution in [3.63, 3.8) is 0 Å². The average Bonchev–Trinajstić information content (AvgIpc) is 3.38. The summed E-state index contributed by atoms with van der Waals surface area (Å²) in [6.45, 7) is 0.668. The molecule has 3 nitrogen and oxygen atoms in total. The molecular formula is C31H29NO2. The monoisotopic (exact) mass is 447 g/mol. The molecule has 3 unspecified atom stereocenters. The van der Waals surface area contributed by atoms with Crippen molar-refractivity contribution >= 4 is 16.5 Å². The maximum absolute atomic E-state index is 11.0. The van der Waals surface area contributed by atoms with E-state index in [4.69, 9.17) is 4.74 Å². The molecule has 0 bridgehead atoms. The molecule has 3 heteroatoms. The molecule has 4 aromatic rings. The highest BCUT2D eigenvalue weighted by Gasteiger charge is 2.40. The minimum Gasteiger partial charge on any atom is -0.508 e. The molecular weight excluding hydrogens is 418 g/mol. The predicted molar refractivity (Wildman–Crippen MR) is 139 cm³/mol. The van der Waals surface area contributed by atoms with Crippen LogP contribution in [-0.4, -0.2) is 11.7 Å². The third-order valence-electron chi connectivity index (χ3n) is 7.33. The number of allylic oxidation sites excluding steroid dienone is 2. The number of para-hydroxylation sites is 1. The molecule has 0 saturated carbocycles. The van der Waals surface area contributed by atoms with Crippen LogP contribution < -0.4 is 10.1 Å². The smallest absolute Gasteiger partial charge is 0.142 e. The van der Waals surface area contributed by atoms with E-state index >= 15 is 0 Å². The minimum atomic E-state index is 0.00710. The van der Waals surface area contributed by atoms with E-state index in [9.17, 15) is 5.11 Å². The van der Waals surface area contributed by atoms with Gasteiger partial charge in [0.05, 0.1) is 18.3 Å². The Balaban J connectivity index is 1.31. The summed E-state index contributed by atoms with van der Waals surface area (Å²) >= 11 is 0. The van der Waals surface area contributed by atoms with Gasteiger partial charge in [-0.1, -0.05) is 84.9 Å². The maximum Gasteiger partial charge on any atom is 0.142 e. The summed E-state index contributed by atoms with van der Waals surface area (Å²) < 4.78 is 6.33. The number of fused-ring (bicyclic) bond motifs is 4. The largest absolute Gasteiger partial charge is 0.508 e. The standard InChI is InChI=1S/C31H29NO2/c33-27-19-18-22-12-4-5-13-23(22)29(27)31-26-15-6-14-24(26)25-16-7-17-28(30(25)32-31)34-20-8-11-21-9-2-1-3-10-21/h1-7,9-10,12-14,16-19,24,26,31-33H,8,11,15,20H2. The Bertz CT molecular complexity index is 1340. The number of anilines is 1. The van der Waals surface area contributed by atoms with Gasteiger partial charge in [0.1, 0.15) is 11.5 Å².